The monoisotopic (exact) mass is 1450 g/mol. The summed E-state index contributed by atoms with van der Waals surface area (Å²) in [5.41, 5.74) is -4.85. The van der Waals surface area contributed by atoms with Gasteiger partial charge in [-0.1, -0.05) is 146 Å². The fraction of sp³-hybridized carbons (Fsp3) is 0.304. The van der Waals surface area contributed by atoms with Gasteiger partial charge in [0.2, 0.25) is 0 Å². The van der Waals surface area contributed by atoms with Crippen LogP contribution in [0.1, 0.15) is 75.3 Å². The molecule has 2 unspecified atom stereocenters. The van der Waals surface area contributed by atoms with Crippen molar-refractivity contribution in [2.24, 2.45) is 0 Å². The Hall–Kier alpha value is -4.77. The van der Waals surface area contributed by atoms with Gasteiger partial charge in [-0.3, -0.25) is 28.8 Å². The topological polar surface area (TPSA) is 195 Å². The van der Waals surface area contributed by atoms with Crippen LogP contribution in [0, 0.1) is 0 Å². The minimum absolute atomic E-state index is 0.0410. The Labute approximate surface area is 545 Å². The highest BCUT2D eigenvalue weighted by Gasteiger charge is 2.68. The molecule has 0 saturated heterocycles. The van der Waals surface area contributed by atoms with Crippen LogP contribution in [-0.2, 0) is 80.2 Å². The molecule has 0 fully saturated rings. The van der Waals surface area contributed by atoms with Crippen LogP contribution in [0.25, 0.3) is 5.57 Å². The molecule has 0 aliphatic rings. The van der Waals surface area contributed by atoms with E-state index in [9.17, 15) is 51.1 Å². The lowest BCUT2D eigenvalue weighted by Crippen LogP contribution is -2.57. The molecule has 0 aromatic heterocycles. The van der Waals surface area contributed by atoms with Gasteiger partial charge < -0.3 is 33.5 Å². The summed E-state index contributed by atoms with van der Waals surface area (Å²) in [4.78, 5) is 77.3. The summed E-state index contributed by atoms with van der Waals surface area (Å²) in [6.07, 6.45) is -2.06. The molecule has 0 aliphatic heterocycles. The molecule has 14 nitrogen and oxygen atoms in total. The molecule has 464 valence electrons. The van der Waals surface area contributed by atoms with Crippen LogP contribution in [-0.4, -0.2) is 91.4 Å². The van der Waals surface area contributed by atoms with Crippen molar-refractivity contribution in [3.8, 4) is 0 Å². The largest absolute Gasteiger partial charge is 0.481 e. The van der Waals surface area contributed by atoms with Crippen molar-refractivity contribution in [2.75, 3.05) is 28.4 Å². The summed E-state index contributed by atoms with van der Waals surface area (Å²) in [7, 11) is 4.43. The Morgan fingerprint density at radius 1 is 0.506 bits per heavy atom. The van der Waals surface area contributed by atoms with E-state index >= 15 is 0 Å². The van der Waals surface area contributed by atoms with Gasteiger partial charge in [-0.15, -0.1) is 0 Å². The number of alkyl halides is 3. The maximum Gasteiger partial charge on any atom is 0.344 e. The average Bonchev–Trinajstić information content (AvgIpc) is 0.997. The summed E-state index contributed by atoms with van der Waals surface area (Å²) >= 11 is 59.9. The zero-order chi connectivity index (χ0) is 65.7. The summed E-state index contributed by atoms with van der Waals surface area (Å²) < 4.78 is 82.3. The maximum atomic E-state index is 14.5. The molecular formula is C56H51BrCl10F4O14. The summed E-state index contributed by atoms with van der Waals surface area (Å²) in [5.74, 6) is -8.08. The van der Waals surface area contributed by atoms with E-state index in [2.05, 4.69) is 34.9 Å². The molecule has 29 heteroatoms. The quantitative estimate of drug-likeness (QED) is 0.0292. The Kier molecular flexibility index (Phi) is 32.5. The van der Waals surface area contributed by atoms with Crippen LogP contribution in [0.4, 0.5) is 17.6 Å². The van der Waals surface area contributed by atoms with Gasteiger partial charge in [-0.2, -0.15) is 17.6 Å². The van der Waals surface area contributed by atoms with E-state index in [1.807, 2.05) is 0 Å². The van der Waals surface area contributed by atoms with Crippen LogP contribution in [0.3, 0.4) is 0 Å². The fourth-order valence-electron chi connectivity index (χ4n) is 6.36. The van der Waals surface area contributed by atoms with E-state index in [1.165, 1.54) is 77.5 Å². The third-order valence-corrected chi connectivity index (χ3v) is 13.4. The second-order valence-corrected chi connectivity index (χ2v) is 23.8. The van der Waals surface area contributed by atoms with Crippen molar-refractivity contribution in [2.45, 2.75) is 81.8 Å². The molecule has 0 amide bonds. The van der Waals surface area contributed by atoms with Crippen LogP contribution in [0.5, 0.6) is 0 Å². The molecule has 1 N–H and O–H groups in total. The number of carboxylic acids is 1. The minimum Gasteiger partial charge on any atom is -0.481 e. The lowest BCUT2D eigenvalue weighted by Gasteiger charge is -2.35. The van der Waals surface area contributed by atoms with E-state index in [1.54, 1.807) is 57.2 Å². The Morgan fingerprint density at radius 3 is 1.29 bits per heavy atom. The fourth-order valence-corrected chi connectivity index (χ4v) is 9.42. The third kappa shape index (κ3) is 25.1. The van der Waals surface area contributed by atoms with Crippen LogP contribution >= 0.6 is 132 Å². The van der Waals surface area contributed by atoms with Crippen molar-refractivity contribution in [3.63, 3.8) is 0 Å². The highest BCUT2D eigenvalue weighted by atomic mass is 79.9. The van der Waals surface area contributed by atoms with Crippen molar-refractivity contribution >= 4 is 179 Å². The van der Waals surface area contributed by atoms with E-state index in [0.29, 0.717) is 36.2 Å². The van der Waals surface area contributed by atoms with Gasteiger partial charge >= 0.3 is 46.6 Å². The molecule has 0 radical (unpaired) electrons. The average molecular weight is 1460 g/mol. The molecule has 5 aromatic rings. The van der Waals surface area contributed by atoms with E-state index in [0.717, 1.165) is 31.9 Å². The molecule has 0 saturated carbocycles. The van der Waals surface area contributed by atoms with Gasteiger partial charge in [0.25, 0.3) is 11.5 Å². The predicted molar refractivity (Wildman–Crippen MR) is 325 cm³/mol. The number of carboxylic acid groups (broad SMARTS) is 1. The molecule has 0 bridgehead atoms. The normalized spacial score (nSPS) is 11.9. The number of carbonyl (C=O) groups excluding carboxylic acids is 6. The zero-order valence-corrected chi connectivity index (χ0v) is 55.2. The second-order valence-electron chi connectivity index (χ2n) is 18.6. The first-order chi connectivity index (χ1) is 39.1. The van der Waals surface area contributed by atoms with Gasteiger partial charge in [0.05, 0.1) is 46.3 Å². The first kappa shape index (κ1) is 78.2. The van der Waals surface area contributed by atoms with Crippen LogP contribution in [0.2, 0.25) is 50.2 Å². The van der Waals surface area contributed by atoms with Crippen molar-refractivity contribution in [3.05, 3.63) is 175 Å². The van der Waals surface area contributed by atoms with Gasteiger partial charge in [-0.25, -0.2) is 4.79 Å². The first-order valence-corrected chi connectivity index (χ1v) is 28.0. The molecule has 2 atom stereocenters. The number of methoxy groups -OCH3 is 4. The molecule has 0 heterocycles. The number of rotatable bonds is 13. The third-order valence-electron chi connectivity index (χ3n) is 10.0. The lowest BCUT2D eigenvalue weighted by molar-refractivity contribution is -0.182. The molecule has 85 heavy (non-hydrogen) atoms. The number of carbonyl (C=O) groups is 7. The second kappa shape index (κ2) is 35.3. The maximum absolute atomic E-state index is 14.5. The number of hydrogen-bond acceptors (Lipinski definition) is 13. The van der Waals surface area contributed by atoms with Gasteiger partial charge in [0.15, 0.2) is 5.92 Å². The van der Waals surface area contributed by atoms with Crippen LogP contribution in [0.15, 0.2) is 97.1 Å². The molecule has 0 aliphatic carbocycles. The minimum atomic E-state index is -4.05. The van der Waals surface area contributed by atoms with E-state index < -0.39 is 80.4 Å². The molecule has 5 rings (SSSR count). The predicted octanol–water partition coefficient (Wildman–Crippen LogP) is 17.4. The number of benzene rings is 5. The highest BCUT2D eigenvalue weighted by molar-refractivity contribution is 9.10. The Balaban J connectivity index is 0.000000543. The van der Waals surface area contributed by atoms with Gasteiger partial charge in [-0.05, 0) is 135 Å². The Bertz CT molecular complexity index is 3240. The van der Waals surface area contributed by atoms with Crippen LogP contribution < -0.4 is 0 Å². The highest BCUT2D eigenvalue weighted by Crippen LogP contribution is 2.49. The zero-order valence-electron chi connectivity index (χ0n) is 46.1. The lowest BCUT2D eigenvalue weighted by atomic mass is 9.80. The van der Waals surface area contributed by atoms with Gasteiger partial charge in [0.1, 0.15) is 16.8 Å². The van der Waals surface area contributed by atoms with E-state index in [-0.39, 0.29) is 49.5 Å². The number of aliphatic carboxylic acids is 1. The Morgan fingerprint density at radius 2 is 0.929 bits per heavy atom. The molecule has 5 aromatic carbocycles. The number of esters is 6. The van der Waals surface area contributed by atoms with Crippen molar-refractivity contribution in [1.29, 1.82) is 0 Å². The van der Waals surface area contributed by atoms with Gasteiger partial charge in [0, 0.05) is 56.3 Å². The molecule has 0 spiro atoms. The molecular weight excluding hydrogens is 1410 g/mol. The van der Waals surface area contributed by atoms with Crippen molar-refractivity contribution < 1.29 is 84.7 Å². The first-order valence-electron chi connectivity index (χ1n) is 23.5. The SMILES string of the molecule is COC(=O)C(=C(F)F)c1ccc(Cl)cc1Cl.COC(=O)C(C(=O)OC(C)(C)C)(c1ccc(Cl)cc1Cl)C(F)(F)Br.COC(=O)C(C(=O)OC(C)(C)C)c1ccc(Cl)cc1Cl.COC(=O)Cc1ccc(Cl)cc1Cl.O=C(O)Cc1ccc(Cl)cc1Cl. The van der Waals surface area contributed by atoms with E-state index in [4.69, 9.17) is 131 Å². The standard InChI is InChI=1S/C15H15BrCl2F2O4.C14H16Cl2O4.C10H6Cl2F2O2.C9H8Cl2O2.C8H6Cl2O2/c1-13(2,3)24-12(22)14(11(21)23-4,15(16,19)20)9-6-5-8(17)7-10(9)18;1-14(2,3)20-13(18)11(12(17)19-4)9-6-5-8(15)7-10(9)16;1-16-10(15)8(9(13)14)6-3-2-5(11)4-7(6)12;1-13-9(12)4-6-2-3-7(10)5-8(6)11;9-6-2-1-5(3-8(11)12)7(10)4-6/h5-7H,1-4H3;5-7,11H,1-4H3;2-4H,1H3;2-3,5H,4H2,1H3;1-2,4H,3H2,(H,11,12). The summed E-state index contributed by atoms with van der Waals surface area (Å²) in [6, 6.07) is 21.5. The summed E-state index contributed by atoms with van der Waals surface area (Å²) in [6.45, 7) is 9.56. The summed E-state index contributed by atoms with van der Waals surface area (Å²) in [5, 5.41) is 11.1. The number of hydrogen-bond donors (Lipinski definition) is 1. The smallest absolute Gasteiger partial charge is 0.344 e. The number of ether oxygens (including phenoxy) is 6. The van der Waals surface area contributed by atoms with Crippen molar-refractivity contribution in [1.82, 2.24) is 0 Å². The number of halogens is 15.